The Labute approximate surface area is 81.8 Å². The highest BCUT2D eigenvalue weighted by molar-refractivity contribution is 14.1. The number of rotatable bonds is 3. The summed E-state index contributed by atoms with van der Waals surface area (Å²) in [4.78, 5) is 0. The zero-order valence-corrected chi connectivity index (χ0v) is 9.26. The molecule has 0 radical (unpaired) electrons. The Kier molecular flexibility index (Phi) is 3.58. The molecule has 1 aliphatic rings. The topological polar surface area (TPSA) is 18.5 Å². The summed E-state index contributed by atoms with van der Waals surface area (Å²) in [6, 6.07) is 0. The monoisotopic (exact) mass is 270 g/mol. The van der Waals surface area contributed by atoms with Crippen molar-refractivity contribution in [3.63, 3.8) is 0 Å². The molecule has 0 N–H and O–H groups in total. The van der Waals surface area contributed by atoms with Gasteiger partial charge < -0.3 is 9.47 Å². The predicted octanol–water partition coefficient (Wildman–Crippen LogP) is 2.01. The van der Waals surface area contributed by atoms with E-state index in [4.69, 9.17) is 9.47 Å². The molecule has 1 atom stereocenters. The lowest BCUT2D eigenvalue weighted by Gasteiger charge is -2.26. The Bertz CT molecular complexity index is 119. The molecule has 11 heavy (non-hydrogen) atoms. The van der Waals surface area contributed by atoms with Crippen LogP contribution in [0.1, 0.15) is 20.3 Å². The molecule has 0 aliphatic carbocycles. The maximum Gasteiger partial charge on any atom is 0.0838 e. The second-order valence-corrected chi connectivity index (χ2v) is 4.26. The average molecular weight is 270 g/mol. The van der Waals surface area contributed by atoms with E-state index in [0.717, 1.165) is 24.1 Å². The summed E-state index contributed by atoms with van der Waals surface area (Å²) in [5, 5.41) is 0. The minimum Gasteiger partial charge on any atom is -0.379 e. The first-order valence-corrected chi connectivity index (χ1v) is 5.48. The fourth-order valence-electron chi connectivity index (χ4n) is 1.09. The summed E-state index contributed by atoms with van der Waals surface area (Å²) in [6.45, 7) is 5.89. The molecule has 3 heteroatoms. The summed E-state index contributed by atoms with van der Waals surface area (Å²) in [5.74, 6) is 0. The molecule has 0 bridgehead atoms. The van der Waals surface area contributed by atoms with Crippen molar-refractivity contribution in [2.45, 2.75) is 32.0 Å². The molecule has 0 aromatic carbocycles. The SMILES string of the molecule is CC(C)(CI)OC1CCOC1. The molecule has 2 nitrogen and oxygen atoms in total. The fraction of sp³-hybridized carbons (Fsp3) is 1.00. The van der Waals surface area contributed by atoms with Gasteiger partial charge in [-0.25, -0.2) is 0 Å². The molecule has 1 heterocycles. The zero-order chi connectivity index (χ0) is 8.32. The molecule has 0 spiro atoms. The van der Waals surface area contributed by atoms with E-state index in [-0.39, 0.29) is 5.60 Å². The van der Waals surface area contributed by atoms with Gasteiger partial charge in [0.2, 0.25) is 0 Å². The molecule has 0 saturated carbocycles. The Morgan fingerprint density at radius 2 is 2.36 bits per heavy atom. The third-order valence-corrected chi connectivity index (χ3v) is 3.53. The van der Waals surface area contributed by atoms with Gasteiger partial charge in [0.05, 0.1) is 18.3 Å². The highest BCUT2D eigenvalue weighted by atomic mass is 127. The smallest absolute Gasteiger partial charge is 0.0838 e. The van der Waals surface area contributed by atoms with Gasteiger partial charge in [-0.05, 0) is 20.3 Å². The molecule has 66 valence electrons. The van der Waals surface area contributed by atoms with Gasteiger partial charge >= 0.3 is 0 Å². The van der Waals surface area contributed by atoms with Crippen LogP contribution in [0.25, 0.3) is 0 Å². The summed E-state index contributed by atoms with van der Waals surface area (Å²) in [7, 11) is 0. The molecular weight excluding hydrogens is 255 g/mol. The van der Waals surface area contributed by atoms with E-state index < -0.39 is 0 Å². The van der Waals surface area contributed by atoms with Crippen molar-refractivity contribution in [2.24, 2.45) is 0 Å². The minimum absolute atomic E-state index is 0.0128. The van der Waals surface area contributed by atoms with Crippen LogP contribution in [0.2, 0.25) is 0 Å². The molecule has 1 unspecified atom stereocenters. The van der Waals surface area contributed by atoms with Gasteiger partial charge in [0.15, 0.2) is 0 Å². The van der Waals surface area contributed by atoms with Crippen LogP contribution in [0.3, 0.4) is 0 Å². The van der Waals surface area contributed by atoms with Crippen molar-refractivity contribution < 1.29 is 9.47 Å². The summed E-state index contributed by atoms with van der Waals surface area (Å²) >= 11 is 2.35. The lowest BCUT2D eigenvalue weighted by molar-refractivity contribution is -0.0558. The van der Waals surface area contributed by atoms with Crippen LogP contribution in [-0.4, -0.2) is 29.3 Å². The molecule has 0 aromatic rings. The van der Waals surface area contributed by atoms with Crippen molar-refractivity contribution in [1.29, 1.82) is 0 Å². The summed E-state index contributed by atoms with van der Waals surface area (Å²) < 4.78 is 12.1. The number of halogens is 1. The highest BCUT2D eigenvalue weighted by Gasteiger charge is 2.25. The van der Waals surface area contributed by atoms with Crippen LogP contribution in [0.4, 0.5) is 0 Å². The summed E-state index contributed by atoms with van der Waals surface area (Å²) in [6.07, 6.45) is 1.39. The van der Waals surface area contributed by atoms with Gasteiger partial charge in [-0.2, -0.15) is 0 Å². The Morgan fingerprint density at radius 1 is 1.64 bits per heavy atom. The molecule has 1 saturated heterocycles. The van der Waals surface area contributed by atoms with Crippen LogP contribution >= 0.6 is 22.6 Å². The third-order valence-electron chi connectivity index (χ3n) is 1.70. The number of ether oxygens (including phenoxy) is 2. The van der Waals surface area contributed by atoms with Crippen LogP contribution in [-0.2, 0) is 9.47 Å². The maximum atomic E-state index is 5.82. The third kappa shape index (κ3) is 3.25. The van der Waals surface area contributed by atoms with Crippen LogP contribution in [0.5, 0.6) is 0 Å². The van der Waals surface area contributed by atoms with E-state index in [1.165, 1.54) is 0 Å². The first-order chi connectivity index (χ1) is 5.14. The molecule has 0 amide bonds. The van der Waals surface area contributed by atoms with Crippen LogP contribution < -0.4 is 0 Å². The van der Waals surface area contributed by atoms with Crippen molar-refractivity contribution in [2.75, 3.05) is 17.6 Å². The van der Waals surface area contributed by atoms with Crippen molar-refractivity contribution >= 4 is 22.6 Å². The second-order valence-electron chi connectivity index (χ2n) is 3.50. The zero-order valence-electron chi connectivity index (χ0n) is 7.10. The molecule has 0 aromatic heterocycles. The second kappa shape index (κ2) is 4.05. The van der Waals surface area contributed by atoms with E-state index in [9.17, 15) is 0 Å². The molecule has 1 fully saturated rings. The quantitative estimate of drug-likeness (QED) is 0.577. The largest absolute Gasteiger partial charge is 0.379 e. The van der Waals surface area contributed by atoms with E-state index in [2.05, 4.69) is 36.4 Å². The molecule has 1 rings (SSSR count). The Morgan fingerprint density at radius 3 is 2.82 bits per heavy atom. The average Bonchev–Trinajstić information content (AvgIpc) is 2.39. The number of hydrogen-bond acceptors (Lipinski definition) is 2. The number of alkyl halides is 1. The van der Waals surface area contributed by atoms with Crippen LogP contribution in [0.15, 0.2) is 0 Å². The van der Waals surface area contributed by atoms with Gasteiger partial charge in [0, 0.05) is 11.0 Å². The Hall–Kier alpha value is 0.650. The first kappa shape index (κ1) is 9.74. The predicted molar refractivity (Wildman–Crippen MR) is 53.3 cm³/mol. The van der Waals surface area contributed by atoms with E-state index in [1.807, 2.05) is 0 Å². The van der Waals surface area contributed by atoms with E-state index in [0.29, 0.717) is 6.10 Å². The normalized spacial score (nSPS) is 25.9. The van der Waals surface area contributed by atoms with Crippen LogP contribution in [0, 0.1) is 0 Å². The van der Waals surface area contributed by atoms with Crippen molar-refractivity contribution in [3.8, 4) is 0 Å². The summed E-state index contributed by atoms with van der Waals surface area (Å²) in [5.41, 5.74) is 0.0128. The Balaban J connectivity index is 2.28. The van der Waals surface area contributed by atoms with Crippen molar-refractivity contribution in [3.05, 3.63) is 0 Å². The van der Waals surface area contributed by atoms with Gasteiger partial charge in [0.25, 0.3) is 0 Å². The van der Waals surface area contributed by atoms with Gasteiger partial charge in [0.1, 0.15) is 0 Å². The van der Waals surface area contributed by atoms with Gasteiger partial charge in [-0.1, -0.05) is 22.6 Å². The standard InChI is InChI=1S/C8H15IO2/c1-8(2,6-9)11-7-3-4-10-5-7/h7H,3-6H2,1-2H3. The fourth-order valence-corrected chi connectivity index (χ4v) is 1.27. The van der Waals surface area contributed by atoms with Gasteiger partial charge in [-0.15, -0.1) is 0 Å². The lowest BCUT2D eigenvalue weighted by Crippen LogP contribution is -2.32. The van der Waals surface area contributed by atoms with E-state index in [1.54, 1.807) is 0 Å². The van der Waals surface area contributed by atoms with E-state index >= 15 is 0 Å². The maximum absolute atomic E-state index is 5.82. The number of hydrogen-bond donors (Lipinski definition) is 0. The van der Waals surface area contributed by atoms with Crippen molar-refractivity contribution in [1.82, 2.24) is 0 Å². The first-order valence-electron chi connectivity index (χ1n) is 3.95. The minimum atomic E-state index is 0.0128. The molecule has 1 aliphatic heterocycles. The molecular formula is C8H15IO2. The highest BCUT2D eigenvalue weighted by Crippen LogP contribution is 2.19. The lowest BCUT2D eigenvalue weighted by atomic mass is 10.2. The van der Waals surface area contributed by atoms with Gasteiger partial charge in [-0.3, -0.25) is 0 Å².